The van der Waals surface area contributed by atoms with E-state index in [0.29, 0.717) is 25.9 Å². The maximum atomic E-state index is 8.43. The van der Waals surface area contributed by atoms with Crippen molar-refractivity contribution in [3.05, 3.63) is 0 Å². The fourth-order valence-corrected chi connectivity index (χ4v) is 17.7. The zero-order chi connectivity index (χ0) is 58.3. The Bertz CT molecular complexity index is 2110. The highest BCUT2D eigenvalue weighted by molar-refractivity contribution is 8.07. The summed E-state index contributed by atoms with van der Waals surface area (Å²) in [6, 6.07) is 0.421. The van der Waals surface area contributed by atoms with Crippen molar-refractivity contribution in [3.63, 3.8) is 0 Å². The van der Waals surface area contributed by atoms with Crippen LogP contribution in [0.2, 0.25) is 19.6 Å². The van der Waals surface area contributed by atoms with Gasteiger partial charge in [0, 0.05) is 73.8 Å². The van der Waals surface area contributed by atoms with E-state index in [9.17, 15) is 0 Å². The van der Waals surface area contributed by atoms with Crippen LogP contribution in [-0.2, 0) is 90.3 Å². The fourth-order valence-electron chi connectivity index (χ4n) is 11.8. The first-order valence-corrected chi connectivity index (χ1v) is 37.2. The van der Waals surface area contributed by atoms with Crippen LogP contribution in [0.4, 0.5) is 0 Å². The van der Waals surface area contributed by atoms with Crippen molar-refractivity contribution >= 4 is 75.8 Å². The molecule has 28 heteroatoms. The third-order valence-electron chi connectivity index (χ3n) is 15.3. The van der Waals surface area contributed by atoms with Gasteiger partial charge in [-0.15, -0.1) is 0 Å². The topological polar surface area (TPSA) is 172 Å². The highest BCUT2D eigenvalue weighted by Crippen LogP contribution is 2.59. The molecule has 75 heavy (non-hydrogen) atoms. The zero-order valence-electron chi connectivity index (χ0n) is 51.7. The molecular weight excluding hydrogens is 1080 g/mol. The predicted molar refractivity (Wildman–Crippen MR) is 297 cm³/mol. The third-order valence-corrected chi connectivity index (χ3v) is 21.5. The van der Waals surface area contributed by atoms with Gasteiger partial charge in [-0.3, -0.25) is 4.52 Å². The van der Waals surface area contributed by atoms with Gasteiger partial charge in [0.2, 0.25) is 0 Å². The van der Waals surface area contributed by atoms with Crippen molar-refractivity contribution in [1.29, 1.82) is 7.71 Å². The lowest BCUT2D eigenvalue weighted by molar-refractivity contribution is -0.231. The Morgan fingerprint density at radius 3 is 1.84 bits per heavy atom. The lowest BCUT2D eigenvalue weighted by Crippen LogP contribution is -2.49. The minimum Gasteiger partial charge on any atom is -0.427 e. The van der Waals surface area contributed by atoms with Gasteiger partial charge in [-0.05, 0) is 76.1 Å². The largest absolute Gasteiger partial charge is 0.427 e. The van der Waals surface area contributed by atoms with E-state index >= 15 is 0 Å². The number of fused-ring (bicyclic) bond motifs is 4. The minimum atomic E-state index is -3.63. The van der Waals surface area contributed by atoms with Crippen LogP contribution in [0, 0.1) is 0 Å². The van der Waals surface area contributed by atoms with Crippen molar-refractivity contribution in [2.45, 2.75) is 267 Å². The molecule has 10 aliphatic rings. The summed E-state index contributed by atoms with van der Waals surface area (Å²) in [6.07, 6.45) is 3.37. The molecule has 8 saturated heterocycles. The van der Waals surface area contributed by atoms with Gasteiger partial charge >= 0.3 is 6.72 Å². The minimum absolute atomic E-state index is 0.0115. The van der Waals surface area contributed by atoms with E-state index in [-0.39, 0.29) is 87.0 Å². The van der Waals surface area contributed by atoms with Gasteiger partial charge in [-0.1, -0.05) is 33.5 Å². The maximum absolute atomic E-state index is 8.43. The summed E-state index contributed by atoms with van der Waals surface area (Å²) in [5, 5.41) is 3.43. The van der Waals surface area contributed by atoms with Crippen LogP contribution in [0.25, 0.3) is 0 Å². The van der Waals surface area contributed by atoms with Crippen LogP contribution in [0.3, 0.4) is 0 Å². The summed E-state index contributed by atoms with van der Waals surface area (Å²) in [6.45, 7) is 17.1. The molecule has 0 aromatic heterocycles. The number of nitrogens with zero attached hydrogens (tertiary/aromatic N) is 1. The molecule has 0 bridgehead atoms. The van der Waals surface area contributed by atoms with E-state index < -0.39 is 102 Å². The summed E-state index contributed by atoms with van der Waals surface area (Å²) in [4.78, 5) is 0. The second-order valence-electron chi connectivity index (χ2n) is 22.7. The lowest BCUT2D eigenvalue weighted by Gasteiger charge is -2.43. The summed E-state index contributed by atoms with van der Waals surface area (Å²) in [5.41, 5.74) is 0. The number of hydrogen-bond acceptors (Lipinski definition) is 20. The second kappa shape index (κ2) is 26.4. The Kier molecular flexibility index (Phi) is 18.6. The van der Waals surface area contributed by atoms with Gasteiger partial charge in [-0.25, -0.2) is 4.67 Å². The first-order chi connectivity index (χ1) is 38.2. The fraction of sp³-hybridized carbons (Fsp3) is 1.00. The Morgan fingerprint density at radius 1 is 0.707 bits per heavy atom. The Balaban J connectivity index is 0.000000209. The van der Waals surface area contributed by atoms with Crippen LogP contribution in [0.15, 0.2) is 0 Å². The molecule has 10 fully saturated rings. The Morgan fingerprint density at radius 2 is 1.25 bits per heavy atom. The summed E-state index contributed by atoms with van der Waals surface area (Å²) < 4.78 is 157. The van der Waals surface area contributed by atoms with Crippen molar-refractivity contribution in [2.24, 2.45) is 0 Å². The van der Waals surface area contributed by atoms with E-state index in [0.717, 1.165) is 80.0 Å². The highest BCUT2D eigenvalue weighted by atomic mass is 32.5. The van der Waals surface area contributed by atoms with Crippen LogP contribution >= 0.6 is 15.2 Å². The Labute approximate surface area is 469 Å². The second-order valence-corrected chi connectivity index (χ2v) is 31.5. The molecule has 0 aromatic carbocycles. The van der Waals surface area contributed by atoms with E-state index in [1.807, 2.05) is 20.8 Å². The molecule has 14 unspecified atom stereocenters. The molecule has 2 spiro atoms. The lowest BCUT2D eigenvalue weighted by atomic mass is 10.1. The standard InChI is InChI=1S/C27H52B2NO10PSSi2.C20H36BNO7PSi/c1-16(2)30-13-21-24(25-26(35-21)37-27(36-25)9-7-8-10-27)39-41(42,31-14-22-20(40-44(6)29)12-18(4)33-22)38-19-11-17(3)34-23(19)15-32-43(5)28;1-12(2)22-10-15-17(18-19(25-15)27-20(26-18)7-5-6-8-20)29-30(22)28-14-9-13(3)24-16(14)11-23-31(4)21/h16-26,28-30,43-44H,7-15H2,1-6H3;12-19,21,31H,5-11H2,1-4H3/t17?,18?,19?,20?,21-,22?,23?,24+,25-,26-,41?,43?,44?;13?,14?,15-,16?,17+,18-,19-,30?,31?/m00/s1/i28T,29T,43D,44D;21T,31D. The van der Waals surface area contributed by atoms with Gasteiger partial charge in [0.05, 0.1) is 56.4 Å². The summed E-state index contributed by atoms with van der Waals surface area (Å²) in [7, 11) is -7.08. The van der Waals surface area contributed by atoms with Crippen LogP contribution in [-0.4, -0.2) is 222 Å². The average Bonchev–Trinajstić information content (AvgIpc) is 4.48. The monoisotopic (exact) mass is 1170 g/mol. The predicted octanol–water partition coefficient (Wildman–Crippen LogP) is 3.73. The van der Waals surface area contributed by atoms with Crippen molar-refractivity contribution in [1.82, 2.24) is 9.99 Å². The normalized spacial score (nSPS) is 45.1. The van der Waals surface area contributed by atoms with E-state index in [1.165, 1.54) is 0 Å². The van der Waals surface area contributed by atoms with Gasteiger partial charge in [-0.2, -0.15) is 0 Å². The van der Waals surface area contributed by atoms with Gasteiger partial charge in [0.25, 0.3) is 8.53 Å². The van der Waals surface area contributed by atoms with Crippen molar-refractivity contribution in [2.75, 3.05) is 32.9 Å². The molecule has 22 atom stereocenters. The quantitative estimate of drug-likeness (QED) is 0.109. The molecule has 8 heterocycles. The molecule has 425 valence electrons. The van der Waals surface area contributed by atoms with Crippen molar-refractivity contribution < 1.29 is 78.5 Å². The van der Waals surface area contributed by atoms with Crippen molar-refractivity contribution in [3.8, 4) is 0 Å². The molecule has 8 aliphatic heterocycles. The van der Waals surface area contributed by atoms with E-state index in [4.69, 9.17) is 98.0 Å². The first kappa shape index (κ1) is 52.9. The van der Waals surface area contributed by atoms with Gasteiger partial charge in [0.1, 0.15) is 104 Å². The van der Waals surface area contributed by atoms with Crippen LogP contribution in [0.1, 0.15) is 119 Å². The average molecular weight is 1170 g/mol. The molecule has 0 aromatic rings. The van der Waals surface area contributed by atoms with Gasteiger partial charge < -0.3 is 79.3 Å². The molecule has 0 amide bonds. The molecule has 10 rings (SSSR count). The zero-order valence-corrected chi connectivity index (χ0v) is 51.3. The van der Waals surface area contributed by atoms with Crippen LogP contribution in [0.5, 0.6) is 0 Å². The number of rotatable bonds is 24. The number of nitrogens with one attached hydrogen (secondary N) is 1. The highest BCUT2D eigenvalue weighted by Gasteiger charge is 2.63. The smallest absolute Gasteiger partial charge is 0.328 e. The third kappa shape index (κ3) is 15.3. The number of hydrogen-bond donors (Lipinski definition) is 1. The molecule has 2 saturated carbocycles. The van der Waals surface area contributed by atoms with Crippen LogP contribution < -0.4 is 5.32 Å². The molecular formula is C47H88B3N2O17P2SSi3. The summed E-state index contributed by atoms with van der Waals surface area (Å²) in [5.74, 6) is -1.20. The number of ether oxygens (including phenoxy) is 9. The maximum Gasteiger partial charge on any atom is 0.328 e. The van der Waals surface area contributed by atoms with E-state index in [1.54, 1.807) is 19.6 Å². The molecule has 2 aliphatic carbocycles. The molecule has 1 N–H and O–H groups in total. The van der Waals surface area contributed by atoms with E-state index in [2.05, 4.69) is 37.7 Å². The Hall–Kier alpha value is 1.17. The summed E-state index contributed by atoms with van der Waals surface area (Å²) >= 11 is 6.21. The first-order valence-electron chi connectivity index (χ1n) is 30.8. The SMILES string of the molecule is [2H][Si](C)([B][3H])OCC1OC(C)CC1OP(=S)(OCC1OC(C)CC1O[Si]([2H])(C)[B][3H])O[C@H]1[C@@H]2OC3(CCCC3)O[C@@H]2O[C@H]1CNC(C)C.[2H][Si](C)([B][3H])OCC1OC(C)CC1OP1O[C@H]2[C@@H]3OC4(CCCC4)O[C@@H]3O[C@H]2CN1C(C)C. The molecule has 19 nitrogen and oxygen atoms in total. The molecule has 3 radical (unpaired) electrons. The van der Waals surface area contributed by atoms with Gasteiger partial charge in [0.15, 0.2) is 24.2 Å².